The van der Waals surface area contributed by atoms with Crippen molar-refractivity contribution < 1.29 is 27.5 Å². The Morgan fingerprint density at radius 2 is 1.81 bits per heavy atom. The van der Waals surface area contributed by atoms with E-state index in [0.29, 0.717) is 6.42 Å². The number of hydrogen-bond acceptors (Lipinski definition) is 3. The van der Waals surface area contributed by atoms with E-state index in [1.54, 1.807) is 27.7 Å². The molecule has 1 aliphatic heterocycles. The first kappa shape index (κ1) is 17.7. The van der Waals surface area contributed by atoms with Gasteiger partial charge in [0.15, 0.2) is 0 Å². The molecule has 122 valence electrons. The van der Waals surface area contributed by atoms with Crippen molar-refractivity contribution in [3.05, 3.63) is 0 Å². The fourth-order valence-corrected chi connectivity index (χ4v) is 2.42. The number of alkyl halides is 3. The van der Waals surface area contributed by atoms with Crippen LogP contribution in [0.1, 0.15) is 34.1 Å². The van der Waals surface area contributed by atoms with Crippen molar-refractivity contribution in [1.82, 2.24) is 10.2 Å². The number of nitrogens with one attached hydrogen (secondary N) is 1. The molecule has 1 heterocycles. The van der Waals surface area contributed by atoms with Gasteiger partial charge in [0.05, 0.1) is 6.61 Å². The number of nitrogens with zero attached hydrogens (tertiary/aromatic N) is 1. The summed E-state index contributed by atoms with van der Waals surface area (Å²) in [6.07, 6.45) is -4.36. The van der Waals surface area contributed by atoms with Crippen LogP contribution in [-0.2, 0) is 14.3 Å². The van der Waals surface area contributed by atoms with Gasteiger partial charge >= 0.3 is 6.36 Å². The van der Waals surface area contributed by atoms with Crippen LogP contribution in [0.25, 0.3) is 0 Å². The molecule has 2 amide bonds. The van der Waals surface area contributed by atoms with E-state index in [4.69, 9.17) is 0 Å². The van der Waals surface area contributed by atoms with E-state index in [2.05, 4.69) is 10.1 Å². The van der Waals surface area contributed by atoms with Crippen LogP contribution in [0.15, 0.2) is 0 Å². The summed E-state index contributed by atoms with van der Waals surface area (Å²) in [5.74, 6) is -0.719. The molecule has 2 atom stereocenters. The second-order valence-corrected chi connectivity index (χ2v) is 6.06. The topological polar surface area (TPSA) is 58.6 Å². The normalized spacial score (nSPS) is 24.2. The Kier molecular flexibility index (Phi) is 5.25. The fraction of sp³-hybridized carbons (Fsp3) is 0.846. The number of ether oxygens (including phenoxy) is 1. The van der Waals surface area contributed by atoms with Gasteiger partial charge in [0.2, 0.25) is 11.8 Å². The van der Waals surface area contributed by atoms with Gasteiger partial charge < -0.3 is 10.2 Å². The van der Waals surface area contributed by atoms with E-state index in [1.165, 1.54) is 4.90 Å². The molecule has 0 saturated carbocycles. The monoisotopic (exact) mass is 310 g/mol. The molecule has 1 N–H and O–H groups in total. The maximum atomic E-state index is 12.3. The van der Waals surface area contributed by atoms with Gasteiger partial charge in [-0.05, 0) is 11.8 Å². The van der Waals surface area contributed by atoms with Crippen molar-refractivity contribution in [1.29, 1.82) is 0 Å². The van der Waals surface area contributed by atoms with Crippen LogP contribution in [-0.4, -0.2) is 48.3 Å². The Morgan fingerprint density at radius 1 is 1.24 bits per heavy atom. The van der Waals surface area contributed by atoms with Crippen LogP contribution in [0.5, 0.6) is 0 Å². The molecule has 0 spiro atoms. The van der Waals surface area contributed by atoms with Gasteiger partial charge in [-0.1, -0.05) is 27.7 Å². The molecule has 0 bridgehead atoms. The number of halogens is 3. The second kappa shape index (κ2) is 6.21. The molecule has 1 fully saturated rings. The molecule has 1 rings (SSSR count). The predicted molar refractivity (Wildman–Crippen MR) is 69.2 cm³/mol. The maximum absolute atomic E-state index is 12.3. The molecule has 0 aromatic rings. The Morgan fingerprint density at radius 3 is 2.24 bits per heavy atom. The summed E-state index contributed by atoms with van der Waals surface area (Å²) < 4.78 is 39.9. The molecule has 21 heavy (non-hydrogen) atoms. The highest BCUT2D eigenvalue weighted by molar-refractivity contribution is 5.97. The first-order valence-corrected chi connectivity index (χ1v) is 6.79. The standard InChI is InChI=1S/C13H21F3N2O3/c1-5-8-11(20)18(6-7-21-13(14,15)16)9(10(19)17-8)12(2,3)4/h8-9H,5-7H2,1-4H3,(H,17,19). The highest BCUT2D eigenvalue weighted by Gasteiger charge is 2.45. The third-order valence-corrected chi connectivity index (χ3v) is 3.28. The molecule has 1 saturated heterocycles. The van der Waals surface area contributed by atoms with Gasteiger partial charge in [0.1, 0.15) is 12.1 Å². The smallest absolute Gasteiger partial charge is 0.342 e. The first-order valence-electron chi connectivity index (χ1n) is 6.79. The summed E-state index contributed by atoms with van der Waals surface area (Å²) in [5.41, 5.74) is -0.587. The number of rotatable bonds is 4. The molecule has 0 aromatic heterocycles. The fourth-order valence-electron chi connectivity index (χ4n) is 2.42. The molecular formula is C13H21F3N2O3. The van der Waals surface area contributed by atoms with Crippen molar-refractivity contribution in [2.75, 3.05) is 13.2 Å². The highest BCUT2D eigenvalue weighted by Crippen LogP contribution is 2.28. The van der Waals surface area contributed by atoms with Crippen molar-refractivity contribution in [2.24, 2.45) is 5.41 Å². The molecular weight excluding hydrogens is 289 g/mol. The van der Waals surface area contributed by atoms with Gasteiger partial charge in [-0.15, -0.1) is 13.2 Å². The van der Waals surface area contributed by atoms with E-state index in [9.17, 15) is 22.8 Å². The number of piperazine rings is 1. The van der Waals surface area contributed by atoms with E-state index in [1.807, 2.05) is 0 Å². The van der Waals surface area contributed by atoms with E-state index in [-0.39, 0.29) is 18.4 Å². The molecule has 1 aliphatic rings. The van der Waals surface area contributed by atoms with Crippen LogP contribution in [0, 0.1) is 5.41 Å². The van der Waals surface area contributed by atoms with Crippen molar-refractivity contribution >= 4 is 11.8 Å². The Labute approximate surface area is 121 Å². The summed E-state index contributed by atoms with van der Waals surface area (Å²) >= 11 is 0. The summed E-state index contributed by atoms with van der Waals surface area (Å²) in [7, 11) is 0. The molecule has 2 unspecified atom stereocenters. The zero-order valence-electron chi connectivity index (χ0n) is 12.6. The average molecular weight is 310 g/mol. The number of hydrogen-bond donors (Lipinski definition) is 1. The number of carbonyl (C=O) groups is 2. The number of carbonyl (C=O) groups excluding carboxylic acids is 2. The lowest BCUT2D eigenvalue weighted by molar-refractivity contribution is -0.325. The van der Waals surface area contributed by atoms with Crippen LogP contribution in [0.2, 0.25) is 0 Å². The van der Waals surface area contributed by atoms with Crippen LogP contribution < -0.4 is 5.32 Å². The Hall–Kier alpha value is -1.31. The third-order valence-electron chi connectivity index (χ3n) is 3.28. The van der Waals surface area contributed by atoms with Gasteiger partial charge in [0, 0.05) is 6.54 Å². The minimum absolute atomic E-state index is 0.274. The number of amides is 2. The Balaban J connectivity index is 2.89. The van der Waals surface area contributed by atoms with E-state index in [0.717, 1.165) is 0 Å². The van der Waals surface area contributed by atoms with Crippen molar-refractivity contribution in [3.8, 4) is 0 Å². The van der Waals surface area contributed by atoms with E-state index >= 15 is 0 Å². The quantitative estimate of drug-likeness (QED) is 0.859. The summed E-state index contributed by atoms with van der Waals surface area (Å²) in [6, 6.07) is -1.51. The van der Waals surface area contributed by atoms with Gasteiger partial charge in [-0.2, -0.15) is 0 Å². The minimum atomic E-state index is -4.75. The van der Waals surface area contributed by atoms with Gasteiger partial charge in [-0.3, -0.25) is 14.3 Å². The van der Waals surface area contributed by atoms with Crippen LogP contribution in [0.3, 0.4) is 0 Å². The summed E-state index contributed by atoms with van der Waals surface area (Å²) in [5, 5.41) is 2.62. The van der Waals surface area contributed by atoms with Crippen LogP contribution in [0.4, 0.5) is 13.2 Å². The van der Waals surface area contributed by atoms with E-state index < -0.39 is 30.5 Å². The second-order valence-electron chi connectivity index (χ2n) is 6.06. The highest BCUT2D eigenvalue weighted by atomic mass is 19.4. The lowest BCUT2D eigenvalue weighted by atomic mass is 9.83. The first-order chi connectivity index (χ1) is 9.47. The SMILES string of the molecule is CCC1NC(=O)C(C(C)(C)C)N(CCOC(F)(F)F)C1=O. The molecule has 0 radical (unpaired) electrons. The summed E-state index contributed by atoms with van der Waals surface area (Å²) in [4.78, 5) is 25.6. The molecule has 5 nitrogen and oxygen atoms in total. The zero-order valence-corrected chi connectivity index (χ0v) is 12.6. The zero-order chi connectivity index (χ0) is 16.4. The predicted octanol–water partition coefficient (Wildman–Crippen LogP) is 1.67. The lowest BCUT2D eigenvalue weighted by Crippen LogP contribution is -2.67. The summed E-state index contributed by atoms with van der Waals surface area (Å²) in [6.45, 7) is 6.04. The lowest BCUT2D eigenvalue weighted by Gasteiger charge is -2.44. The van der Waals surface area contributed by atoms with Crippen molar-refractivity contribution in [2.45, 2.75) is 52.6 Å². The Bertz CT molecular complexity index is 404. The largest absolute Gasteiger partial charge is 0.522 e. The van der Waals surface area contributed by atoms with Gasteiger partial charge in [0.25, 0.3) is 0 Å². The van der Waals surface area contributed by atoms with Crippen molar-refractivity contribution in [3.63, 3.8) is 0 Å². The molecule has 0 aliphatic carbocycles. The maximum Gasteiger partial charge on any atom is 0.522 e. The average Bonchev–Trinajstić information content (AvgIpc) is 2.29. The van der Waals surface area contributed by atoms with Gasteiger partial charge in [-0.25, -0.2) is 0 Å². The third kappa shape index (κ3) is 4.59. The molecule has 0 aromatic carbocycles. The minimum Gasteiger partial charge on any atom is -0.342 e. The molecule has 8 heteroatoms. The van der Waals surface area contributed by atoms with Crippen LogP contribution >= 0.6 is 0 Å².